The van der Waals surface area contributed by atoms with Gasteiger partial charge in [0.15, 0.2) is 6.29 Å². The fourth-order valence-corrected chi connectivity index (χ4v) is 3.40. The van der Waals surface area contributed by atoms with E-state index in [0.29, 0.717) is 5.92 Å². The third kappa shape index (κ3) is 2.92. The van der Waals surface area contributed by atoms with Gasteiger partial charge in [-0.3, -0.25) is 4.79 Å². The maximum atomic E-state index is 11.4. The molecule has 1 heterocycles. The molecule has 0 N–H and O–H groups in total. The summed E-state index contributed by atoms with van der Waals surface area (Å²) in [6.07, 6.45) is 8.96. The SMILES string of the molecule is Cc1cc(C)cc(-n2cc(C=O)c(C3CCCCC3)n2)c1. The molecule has 110 valence electrons. The van der Waals surface area contributed by atoms with Crippen molar-refractivity contribution in [2.45, 2.75) is 51.9 Å². The van der Waals surface area contributed by atoms with E-state index in [1.807, 2.05) is 10.9 Å². The molecular formula is C18H22N2O. The maximum absolute atomic E-state index is 11.4. The standard InChI is InChI=1S/C18H22N2O/c1-13-8-14(2)10-17(9-13)20-11-16(12-21)18(19-20)15-6-4-3-5-7-15/h8-12,15H,3-7H2,1-2H3. The first-order chi connectivity index (χ1) is 10.2. The average Bonchev–Trinajstić information content (AvgIpc) is 2.91. The fourth-order valence-electron chi connectivity index (χ4n) is 3.40. The van der Waals surface area contributed by atoms with Crippen molar-refractivity contribution in [3.63, 3.8) is 0 Å². The number of rotatable bonds is 3. The van der Waals surface area contributed by atoms with E-state index >= 15 is 0 Å². The maximum Gasteiger partial charge on any atom is 0.153 e. The van der Waals surface area contributed by atoms with Crippen LogP contribution >= 0.6 is 0 Å². The van der Waals surface area contributed by atoms with E-state index < -0.39 is 0 Å². The van der Waals surface area contributed by atoms with Gasteiger partial charge in [0, 0.05) is 12.1 Å². The smallest absolute Gasteiger partial charge is 0.153 e. The molecule has 0 unspecified atom stereocenters. The Balaban J connectivity index is 2.00. The van der Waals surface area contributed by atoms with Crippen LogP contribution < -0.4 is 0 Å². The minimum atomic E-state index is 0.450. The number of aryl methyl sites for hydroxylation is 2. The summed E-state index contributed by atoms with van der Waals surface area (Å²) >= 11 is 0. The van der Waals surface area contributed by atoms with E-state index in [0.717, 1.165) is 36.1 Å². The molecule has 0 radical (unpaired) electrons. The Morgan fingerprint density at radius 1 is 1.10 bits per heavy atom. The molecule has 1 aliphatic carbocycles. The number of hydrogen-bond acceptors (Lipinski definition) is 2. The molecule has 3 heteroatoms. The van der Waals surface area contributed by atoms with Gasteiger partial charge < -0.3 is 0 Å². The van der Waals surface area contributed by atoms with Gasteiger partial charge in [-0.15, -0.1) is 0 Å². The summed E-state index contributed by atoms with van der Waals surface area (Å²) in [6.45, 7) is 4.17. The molecule has 2 aromatic rings. The van der Waals surface area contributed by atoms with Crippen molar-refractivity contribution < 1.29 is 4.79 Å². The van der Waals surface area contributed by atoms with Gasteiger partial charge >= 0.3 is 0 Å². The predicted octanol–water partition coefficient (Wildman–Crippen LogP) is 4.35. The Bertz CT molecular complexity index is 631. The normalized spacial score (nSPS) is 16.1. The topological polar surface area (TPSA) is 34.9 Å². The second-order valence-corrected chi connectivity index (χ2v) is 6.21. The van der Waals surface area contributed by atoms with Crippen molar-refractivity contribution >= 4 is 6.29 Å². The van der Waals surface area contributed by atoms with E-state index in [1.54, 1.807) is 0 Å². The van der Waals surface area contributed by atoms with Gasteiger partial charge in [-0.25, -0.2) is 4.68 Å². The quantitative estimate of drug-likeness (QED) is 0.784. The summed E-state index contributed by atoms with van der Waals surface area (Å²) in [5.74, 6) is 0.450. The van der Waals surface area contributed by atoms with Gasteiger partial charge in [-0.1, -0.05) is 25.3 Å². The van der Waals surface area contributed by atoms with Gasteiger partial charge in [0.05, 0.1) is 16.9 Å². The molecule has 0 saturated heterocycles. The molecule has 1 saturated carbocycles. The fraction of sp³-hybridized carbons (Fsp3) is 0.444. The Morgan fingerprint density at radius 3 is 2.38 bits per heavy atom. The molecule has 3 nitrogen and oxygen atoms in total. The number of benzene rings is 1. The lowest BCUT2D eigenvalue weighted by Gasteiger charge is -2.20. The highest BCUT2D eigenvalue weighted by molar-refractivity contribution is 5.76. The molecule has 3 rings (SSSR count). The second kappa shape index (κ2) is 5.84. The zero-order valence-corrected chi connectivity index (χ0v) is 12.8. The molecule has 1 aromatic heterocycles. The highest BCUT2D eigenvalue weighted by atomic mass is 16.1. The molecule has 0 atom stereocenters. The first-order valence-corrected chi connectivity index (χ1v) is 7.81. The lowest BCUT2D eigenvalue weighted by atomic mass is 9.86. The minimum absolute atomic E-state index is 0.450. The van der Waals surface area contributed by atoms with Gasteiger partial charge in [-0.2, -0.15) is 5.10 Å². The van der Waals surface area contributed by atoms with Gasteiger partial charge in [0.25, 0.3) is 0 Å². The van der Waals surface area contributed by atoms with Crippen LogP contribution in [0.15, 0.2) is 24.4 Å². The molecule has 1 aliphatic rings. The zero-order valence-electron chi connectivity index (χ0n) is 12.8. The first-order valence-electron chi connectivity index (χ1n) is 7.81. The number of aromatic nitrogens is 2. The van der Waals surface area contributed by atoms with E-state index in [2.05, 4.69) is 32.0 Å². The van der Waals surface area contributed by atoms with Crippen LogP contribution in [-0.2, 0) is 0 Å². The van der Waals surface area contributed by atoms with E-state index in [-0.39, 0.29) is 0 Å². The van der Waals surface area contributed by atoms with Gasteiger partial charge in [0.2, 0.25) is 0 Å². The van der Waals surface area contributed by atoms with Crippen LogP contribution in [0.1, 0.15) is 65.2 Å². The summed E-state index contributed by atoms with van der Waals surface area (Å²) < 4.78 is 1.87. The lowest BCUT2D eigenvalue weighted by molar-refractivity contribution is 0.112. The molecule has 0 spiro atoms. The highest BCUT2D eigenvalue weighted by Gasteiger charge is 2.22. The first kappa shape index (κ1) is 14.1. The van der Waals surface area contributed by atoms with Crippen LogP contribution in [0.3, 0.4) is 0 Å². The molecule has 1 fully saturated rings. The Morgan fingerprint density at radius 2 is 1.76 bits per heavy atom. The number of nitrogens with zero attached hydrogens (tertiary/aromatic N) is 2. The molecule has 21 heavy (non-hydrogen) atoms. The van der Waals surface area contributed by atoms with Crippen molar-refractivity contribution in [3.05, 3.63) is 46.8 Å². The largest absolute Gasteiger partial charge is 0.298 e. The number of hydrogen-bond donors (Lipinski definition) is 0. The molecular weight excluding hydrogens is 260 g/mol. The number of aldehydes is 1. The van der Waals surface area contributed by atoms with Crippen LogP contribution in [0.25, 0.3) is 5.69 Å². The lowest BCUT2D eigenvalue weighted by Crippen LogP contribution is -2.07. The van der Waals surface area contributed by atoms with Crippen LogP contribution in [0.5, 0.6) is 0 Å². The minimum Gasteiger partial charge on any atom is -0.298 e. The van der Waals surface area contributed by atoms with Crippen molar-refractivity contribution in [1.82, 2.24) is 9.78 Å². The Kier molecular flexibility index (Phi) is 3.91. The van der Waals surface area contributed by atoms with Crippen molar-refractivity contribution in [3.8, 4) is 5.69 Å². The van der Waals surface area contributed by atoms with Crippen molar-refractivity contribution in [2.75, 3.05) is 0 Å². The third-order valence-corrected chi connectivity index (χ3v) is 4.36. The molecule has 0 bridgehead atoms. The number of carbonyl (C=O) groups is 1. The Hall–Kier alpha value is -1.90. The molecule has 1 aromatic carbocycles. The highest BCUT2D eigenvalue weighted by Crippen LogP contribution is 2.33. The van der Waals surface area contributed by atoms with Crippen LogP contribution in [0.4, 0.5) is 0 Å². The number of carbonyl (C=O) groups excluding carboxylic acids is 1. The van der Waals surface area contributed by atoms with Crippen LogP contribution in [0.2, 0.25) is 0 Å². The summed E-state index contributed by atoms with van der Waals surface area (Å²) in [4.78, 5) is 11.4. The predicted molar refractivity (Wildman–Crippen MR) is 84.3 cm³/mol. The second-order valence-electron chi connectivity index (χ2n) is 6.21. The third-order valence-electron chi connectivity index (χ3n) is 4.36. The molecule has 0 aliphatic heterocycles. The van der Waals surface area contributed by atoms with Crippen molar-refractivity contribution in [1.29, 1.82) is 0 Å². The van der Waals surface area contributed by atoms with Crippen LogP contribution in [0, 0.1) is 13.8 Å². The summed E-state index contributed by atoms with van der Waals surface area (Å²) in [7, 11) is 0. The van der Waals surface area contributed by atoms with Gasteiger partial charge in [-0.05, 0) is 49.9 Å². The van der Waals surface area contributed by atoms with E-state index in [1.165, 1.54) is 30.4 Å². The molecule has 0 amide bonds. The van der Waals surface area contributed by atoms with E-state index in [9.17, 15) is 4.79 Å². The summed E-state index contributed by atoms with van der Waals surface area (Å²) in [6, 6.07) is 6.37. The average molecular weight is 282 g/mol. The zero-order chi connectivity index (χ0) is 14.8. The Labute approximate surface area is 126 Å². The van der Waals surface area contributed by atoms with Gasteiger partial charge in [0.1, 0.15) is 0 Å². The van der Waals surface area contributed by atoms with Crippen molar-refractivity contribution in [2.24, 2.45) is 0 Å². The monoisotopic (exact) mass is 282 g/mol. The summed E-state index contributed by atoms with van der Waals surface area (Å²) in [5.41, 5.74) is 5.21. The van der Waals surface area contributed by atoms with Crippen LogP contribution in [-0.4, -0.2) is 16.1 Å². The van der Waals surface area contributed by atoms with E-state index in [4.69, 9.17) is 5.10 Å². The summed E-state index contributed by atoms with van der Waals surface area (Å²) in [5, 5.41) is 4.74.